The number of furan rings is 1. The number of amides is 2. The van der Waals surface area contributed by atoms with Crippen molar-refractivity contribution < 1.29 is 14.0 Å². The van der Waals surface area contributed by atoms with Crippen molar-refractivity contribution in [2.24, 2.45) is 0 Å². The zero-order chi connectivity index (χ0) is 14.7. The fourth-order valence-corrected chi connectivity index (χ4v) is 2.46. The SMILES string of the molecule is O=C1CC(NCCc2ccco2)C(=O)N1c1ccccc1. The summed E-state index contributed by atoms with van der Waals surface area (Å²) >= 11 is 0. The molecule has 0 bridgehead atoms. The maximum Gasteiger partial charge on any atom is 0.251 e. The molecule has 1 saturated heterocycles. The van der Waals surface area contributed by atoms with Crippen LogP contribution in [0.2, 0.25) is 0 Å². The Hall–Kier alpha value is -2.40. The third kappa shape index (κ3) is 2.87. The van der Waals surface area contributed by atoms with E-state index in [9.17, 15) is 9.59 Å². The van der Waals surface area contributed by atoms with E-state index in [1.165, 1.54) is 4.90 Å². The van der Waals surface area contributed by atoms with Crippen molar-refractivity contribution in [3.05, 3.63) is 54.5 Å². The molecule has 1 aliphatic heterocycles. The van der Waals surface area contributed by atoms with Gasteiger partial charge in [0.1, 0.15) is 5.76 Å². The van der Waals surface area contributed by atoms with E-state index in [2.05, 4.69) is 5.32 Å². The van der Waals surface area contributed by atoms with E-state index >= 15 is 0 Å². The van der Waals surface area contributed by atoms with Crippen LogP contribution in [0, 0.1) is 0 Å². The predicted octanol–water partition coefficient (Wildman–Crippen LogP) is 1.74. The number of nitrogens with zero attached hydrogens (tertiary/aromatic N) is 1. The average Bonchev–Trinajstić information content (AvgIpc) is 3.09. The van der Waals surface area contributed by atoms with E-state index in [0.29, 0.717) is 18.7 Å². The quantitative estimate of drug-likeness (QED) is 0.850. The molecule has 1 aromatic carbocycles. The minimum atomic E-state index is -0.451. The van der Waals surface area contributed by atoms with Crippen LogP contribution < -0.4 is 10.2 Å². The Bertz CT molecular complexity index is 622. The number of benzene rings is 1. The Morgan fingerprint density at radius 1 is 1.14 bits per heavy atom. The molecule has 1 aliphatic rings. The molecule has 1 aromatic heterocycles. The van der Waals surface area contributed by atoms with Gasteiger partial charge in [0, 0.05) is 13.0 Å². The maximum absolute atomic E-state index is 12.3. The van der Waals surface area contributed by atoms with Crippen LogP contribution in [0.1, 0.15) is 12.2 Å². The molecule has 0 radical (unpaired) electrons. The molecule has 3 rings (SSSR count). The zero-order valence-electron chi connectivity index (χ0n) is 11.5. The van der Waals surface area contributed by atoms with Crippen LogP contribution in [0.5, 0.6) is 0 Å². The summed E-state index contributed by atoms with van der Waals surface area (Å²) < 4.78 is 5.23. The fraction of sp³-hybridized carbons (Fsp3) is 0.250. The van der Waals surface area contributed by atoms with Gasteiger partial charge < -0.3 is 9.73 Å². The highest BCUT2D eigenvalue weighted by molar-refractivity contribution is 6.22. The Morgan fingerprint density at radius 3 is 2.67 bits per heavy atom. The van der Waals surface area contributed by atoms with Crippen molar-refractivity contribution in [3.63, 3.8) is 0 Å². The van der Waals surface area contributed by atoms with Gasteiger partial charge >= 0.3 is 0 Å². The molecule has 1 N–H and O–H groups in total. The van der Waals surface area contributed by atoms with Gasteiger partial charge in [-0.15, -0.1) is 0 Å². The van der Waals surface area contributed by atoms with Gasteiger partial charge in [-0.05, 0) is 24.3 Å². The topological polar surface area (TPSA) is 62.6 Å². The maximum atomic E-state index is 12.3. The van der Waals surface area contributed by atoms with E-state index < -0.39 is 6.04 Å². The first kappa shape index (κ1) is 13.6. The largest absolute Gasteiger partial charge is 0.469 e. The highest BCUT2D eigenvalue weighted by Crippen LogP contribution is 2.22. The molecule has 1 atom stereocenters. The molecule has 0 aliphatic carbocycles. The molecule has 2 aromatic rings. The van der Waals surface area contributed by atoms with Crippen molar-refractivity contribution >= 4 is 17.5 Å². The number of carbonyl (C=O) groups is 2. The molecule has 5 heteroatoms. The molecule has 0 saturated carbocycles. The molecule has 5 nitrogen and oxygen atoms in total. The number of carbonyl (C=O) groups excluding carboxylic acids is 2. The number of hydrogen-bond donors (Lipinski definition) is 1. The lowest BCUT2D eigenvalue weighted by molar-refractivity contribution is -0.121. The summed E-state index contributed by atoms with van der Waals surface area (Å²) in [7, 11) is 0. The fourth-order valence-electron chi connectivity index (χ4n) is 2.46. The lowest BCUT2D eigenvalue weighted by atomic mass is 10.2. The van der Waals surface area contributed by atoms with E-state index in [1.54, 1.807) is 18.4 Å². The van der Waals surface area contributed by atoms with Crippen LogP contribution in [0.3, 0.4) is 0 Å². The van der Waals surface area contributed by atoms with Crippen LogP contribution in [0.4, 0.5) is 5.69 Å². The van der Waals surface area contributed by atoms with Crippen molar-refractivity contribution in [2.75, 3.05) is 11.4 Å². The summed E-state index contributed by atoms with van der Waals surface area (Å²) in [4.78, 5) is 25.6. The van der Waals surface area contributed by atoms with Crippen molar-refractivity contribution in [1.29, 1.82) is 0 Å². The monoisotopic (exact) mass is 284 g/mol. The van der Waals surface area contributed by atoms with Gasteiger partial charge in [0.05, 0.1) is 24.4 Å². The number of anilines is 1. The highest BCUT2D eigenvalue weighted by Gasteiger charge is 2.38. The third-order valence-corrected chi connectivity index (χ3v) is 3.50. The molecule has 2 amide bonds. The van der Waals surface area contributed by atoms with Crippen molar-refractivity contribution in [2.45, 2.75) is 18.9 Å². The first-order valence-electron chi connectivity index (χ1n) is 6.93. The summed E-state index contributed by atoms with van der Waals surface area (Å²) in [5.41, 5.74) is 0.628. The number of rotatable bonds is 5. The number of hydrogen-bond acceptors (Lipinski definition) is 4. The minimum Gasteiger partial charge on any atom is -0.469 e. The molecule has 1 unspecified atom stereocenters. The van der Waals surface area contributed by atoms with E-state index in [0.717, 1.165) is 5.76 Å². The second-order valence-electron chi connectivity index (χ2n) is 4.94. The van der Waals surface area contributed by atoms with Gasteiger partial charge in [-0.25, -0.2) is 4.90 Å². The van der Waals surface area contributed by atoms with Crippen LogP contribution in [0.15, 0.2) is 53.1 Å². The lowest BCUT2D eigenvalue weighted by Gasteiger charge is -2.15. The van der Waals surface area contributed by atoms with E-state index in [1.807, 2.05) is 30.3 Å². The molecule has 108 valence electrons. The smallest absolute Gasteiger partial charge is 0.251 e. The van der Waals surface area contributed by atoms with Crippen LogP contribution >= 0.6 is 0 Å². The number of para-hydroxylation sites is 1. The Balaban J connectivity index is 1.61. The van der Waals surface area contributed by atoms with Gasteiger partial charge in [0.25, 0.3) is 5.91 Å². The summed E-state index contributed by atoms with van der Waals surface area (Å²) in [5, 5.41) is 3.13. The van der Waals surface area contributed by atoms with Crippen LogP contribution in [-0.2, 0) is 16.0 Å². The minimum absolute atomic E-state index is 0.165. The van der Waals surface area contributed by atoms with Gasteiger partial charge in [-0.1, -0.05) is 18.2 Å². The van der Waals surface area contributed by atoms with Crippen LogP contribution in [0.25, 0.3) is 0 Å². The Labute approximate surface area is 122 Å². The van der Waals surface area contributed by atoms with Crippen molar-refractivity contribution in [3.8, 4) is 0 Å². The van der Waals surface area contributed by atoms with Gasteiger partial charge in [-0.3, -0.25) is 9.59 Å². The number of nitrogens with one attached hydrogen (secondary N) is 1. The standard InChI is InChI=1S/C16H16N2O3/c19-15-11-14(17-9-8-13-7-4-10-21-13)16(20)18(15)12-5-2-1-3-6-12/h1-7,10,14,17H,8-9,11H2. The lowest BCUT2D eigenvalue weighted by Crippen LogP contribution is -2.39. The molecule has 0 spiro atoms. The van der Waals surface area contributed by atoms with E-state index in [-0.39, 0.29) is 18.2 Å². The number of imide groups is 1. The van der Waals surface area contributed by atoms with Gasteiger partial charge in [0.15, 0.2) is 0 Å². The highest BCUT2D eigenvalue weighted by atomic mass is 16.3. The first-order chi connectivity index (χ1) is 10.3. The summed E-state index contributed by atoms with van der Waals surface area (Å²) in [6.07, 6.45) is 2.51. The molecular weight excluding hydrogens is 268 g/mol. The summed E-state index contributed by atoms with van der Waals surface area (Å²) in [6, 6.07) is 12.3. The molecule has 21 heavy (non-hydrogen) atoms. The van der Waals surface area contributed by atoms with Crippen LogP contribution in [-0.4, -0.2) is 24.4 Å². The molecule has 1 fully saturated rings. The van der Waals surface area contributed by atoms with E-state index in [4.69, 9.17) is 4.42 Å². The third-order valence-electron chi connectivity index (χ3n) is 3.50. The summed E-state index contributed by atoms with van der Waals surface area (Å²) in [6.45, 7) is 0.597. The molecule has 2 heterocycles. The average molecular weight is 284 g/mol. The first-order valence-corrected chi connectivity index (χ1v) is 6.93. The zero-order valence-corrected chi connectivity index (χ0v) is 11.5. The van der Waals surface area contributed by atoms with Gasteiger partial charge in [0.2, 0.25) is 5.91 Å². The Kier molecular flexibility index (Phi) is 3.83. The predicted molar refractivity (Wildman–Crippen MR) is 77.8 cm³/mol. The van der Waals surface area contributed by atoms with Crippen molar-refractivity contribution in [1.82, 2.24) is 5.32 Å². The second kappa shape index (κ2) is 5.93. The normalized spacial score (nSPS) is 18.5. The van der Waals surface area contributed by atoms with Gasteiger partial charge in [-0.2, -0.15) is 0 Å². The summed E-state index contributed by atoms with van der Waals surface area (Å²) in [5.74, 6) is 0.506. The Morgan fingerprint density at radius 2 is 1.95 bits per heavy atom. The second-order valence-corrected chi connectivity index (χ2v) is 4.94. The molecular formula is C16H16N2O3.